The van der Waals surface area contributed by atoms with Crippen LogP contribution in [0.5, 0.6) is 0 Å². The molecular formula is C21H23FN2O4S. The highest BCUT2D eigenvalue weighted by Crippen LogP contribution is 2.47. The van der Waals surface area contributed by atoms with E-state index in [2.05, 4.69) is 5.32 Å². The smallest absolute Gasteiger partial charge is 0.251 e. The lowest BCUT2D eigenvalue weighted by atomic mass is 9.96. The number of hydrogen-bond donors (Lipinski definition) is 1. The van der Waals surface area contributed by atoms with Crippen LogP contribution in [0.15, 0.2) is 53.4 Å². The minimum atomic E-state index is -4.02. The van der Waals surface area contributed by atoms with Crippen molar-refractivity contribution >= 4 is 15.9 Å². The van der Waals surface area contributed by atoms with Crippen molar-refractivity contribution in [2.24, 2.45) is 0 Å². The molecule has 8 heteroatoms. The molecule has 1 heterocycles. The zero-order chi connectivity index (χ0) is 20.5. The maximum absolute atomic E-state index is 14.3. The first-order valence-electron chi connectivity index (χ1n) is 9.64. The molecule has 0 radical (unpaired) electrons. The van der Waals surface area contributed by atoms with E-state index in [0.29, 0.717) is 6.54 Å². The minimum absolute atomic E-state index is 0.0698. The molecule has 1 aliphatic heterocycles. The zero-order valence-corrected chi connectivity index (χ0v) is 16.8. The molecule has 29 heavy (non-hydrogen) atoms. The summed E-state index contributed by atoms with van der Waals surface area (Å²) in [6, 6.07) is 13.5. The number of carbonyl (C=O) groups excluding carboxylic acids is 1. The van der Waals surface area contributed by atoms with Gasteiger partial charge in [0.25, 0.3) is 5.91 Å². The molecule has 6 nitrogen and oxygen atoms in total. The van der Waals surface area contributed by atoms with Crippen molar-refractivity contribution in [3.63, 3.8) is 0 Å². The van der Waals surface area contributed by atoms with Crippen molar-refractivity contribution in [2.45, 2.75) is 23.2 Å². The molecule has 2 fully saturated rings. The van der Waals surface area contributed by atoms with Crippen molar-refractivity contribution in [1.29, 1.82) is 0 Å². The van der Waals surface area contributed by atoms with Gasteiger partial charge in [-0.3, -0.25) is 4.79 Å². The van der Waals surface area contributed by atoms with Crippen LogP contribution in [0.3, 0.4) is 0 Å². The van der Waals surface area contributed by atoms with Crippen molar-refractivity contribution < 1.29 is 22.3 Å². The van der Waals surface area contributed by atoms with Gasteiger partial charge in [-0.25, -0.2) is 12.8 Å². The number of carbonyl (C=O) groups is 1. The third-order valence-electron chi connectivity index (χ3n) is 5.61. The Morgan fingerprint density at radius 3 is 2.45 bits per heavy atom. The van der Waals surface area contributed by atoms with Gasteiger partial charge in [-0.2, -0.15) is 4.31 Å². The summed E-state index contributed by atoms with van der Waals surface area (Å²) >= 11 is 0. The van der Waals surface area contributed by atoms with Gasteiger partial charge < -0.3 is 10.1 Å². The molecule has 0 aromatic heterocycles. The van der Waals surface area contributed by atoms with Gasteiger partial charge >= 0.3 is 0 Å². The second kappa shape index (κ2) is 7.85. The van der Waals surface area contributed by atoms with Gasteiger partial charge in [-0.15, -0.1) is 0 Å². The van der Waals surface area contributed by atoms with Gasteiger partial charge in [0, 0.05) is 30.6 Å². The van der Waals surface area contributed by atoms with Crippen LogP contribution < -0.4 is 5.32 Å². The SMILES string of the molecule is O=C(NCC1(c2ccccc2)CC1)c1ccc(F)c(S(=O)(=O)N2CCOCC2)c1. The van der Waals surface area contributed by atoms with Crippen LogP contribution in [0.25, 0.3) is 0 Å². The van der Waals surface area contributed by atoms with E-state index in [1.54, 1.807) is 0 Å². The number of nitrogens with zero attached hydrogens (tertiary/aromatic N) is 1. The third-order valence-corrected chi connectivity index (χ3v) is 7.52. The lowest BCUT2D eigenvalue weighted by Gasteiger charge is -2.26. The fourth-order valence-corrected chi connectivity index (χ4v) is 5.13. The quantitative estimate of drug-likeness (QED) is 0.781. The molecule has 2 aromatic rings. The van der Waals surface area contributed by atoms with Crippen LogP contribution in [-0.4, -0.2) is 51.5 Å². The molecule has 154 valence electrons. The molecule has 1 aliphatic carbocycles. The van der Waals surface area contributed by atoms with Crippen molar-refractivity contribution in [3.05, 3.63) is 65.5 Å². The molecule has 0 spiro atoms. The first-order valence-corrected chi connectivity index (χ1v) is 11.1. The number of sulfonamides is 1. The summed E-state index contributed by atoms with van der Waals surface area (Å²) in [6.45, 7) is 1.32. The highest BCUT2D eigenvalue weighted by molar-refractivity contribution is 7.89. The van der Waals surface area contributed by atoms with Crippen LogP contribution in [0.4, 0.5) is 4.39 Å². The number of ether oxygens (including phenoxy) is 1. The van der Waals surface area contributed by atoms with E-state index in [4.69, 9.17) is 4.74 Å². The first-order chi connectivity index (χ1) is 13.9. The van der Waals surface area contributed by atoms with Crippen LogP contribution in [0, 0.1) is 5.82 Å². The molecule has 2 aromatic carbocycles. The number of hydrogen-bond acceptors (Lipinski definition) is 4. The molecule has 1 saturated heterocycles. The Morgan fingerprint density at radius 1 is 1.10 bits per heavy atom. The molecule has 2 aliphatic rings. The van der Waals surface area contributed by atoms with Crippen LogP contribution >= 0.6 is 0 Å². The van der Waals surface area contributed by atoms with Gasteiger partial charge in [0.05, 0.1) is 13.2 Å². The molecule has 4 rings (SSSR count). The lowest BCUT2D eigenvalue weighted by molar-refractivity contribution is 0.0729. The van der Waals surface area contributed by atoms with E-state index in [-0.39, 0.29) is 37.3 Å². The average molecular weight is 418 g/mol. The van der Waals surface area contributed by atoms with Crippen molar-refractivity contribution in [1.82, 2.24) is 9.62 Å². The Hall–Kier alpha value is -2.29. The second-order valence-electron chi connectivity index (χ2n) is 7.49. The number of morpholine rings is 1. The molecular weight excluding hydrogens is 395 g/mol. The summed E-state index contributed by atoms with van der Waals surface area (Å²) < 4.78 is 46.3. The summed E-state index contributed by atoms with van der Waals surface area (Å²) in [5.41, 5.74) is 1.23. The van der Waals surface area contributed by atoms with Crippen LogP contribution in [0.1, 0.15) is 28.8 Å². The van der Waals surface area contributed by atoms with E-state index in [1.165, 1.54) is 15.9 Å². The Bertz CT molecular complexity index is 1000. The number of amides is 1. The molecule has 1 N–H and O–H groups in total. The van der Waals surface area contributed by atoms with Crippen molar-refractivity contribution in [2.75, 3.05) is 32.8 Å². The van der Waals surface area contributed by atoms with E-state index in [9.17, 15) is 17.6 Å². The zero-order valence-electron chi connectivity index (χ0n) is 15.9. The molecule has 1 saturated carbocycles. The summed E-state index contributed by atoms with van der Waals surface area (Å²) in [5.74, 6) is -1.28. The Labute approximate surface area is 169 Å². The number of benzene rings is 2. The van der Waals surface area contributed by atoms with Gasteiger partial charge in [-0.1, -0.05) is 30.3 Å². The fraction of sp³-hybridized carbons (Fsp3) is 0.381. The number of rotatable bonds is 6. The van der Waals surface area contributed by atoms with Gasteiger partial charge in [-0.05, 0) is 36.6 Å². The van der Waals surface area contributed by atoms with E-state index < -0.39 is 26.6 Å². The number of halogens is 1. The minimum Gasteiger partial charge on any atom is -0.379 e. The topological polar surface area (TPSA) is 75.7 Å². The Balaban J connectivity index is 1.50. The first kappa shape index (κ1) is 20.0. The molecule has 1 amide bonds. The maximum atomic E-state index is 14.3. The van der Waals surface area contributed by atoms with Gasteiger partial charge in [0.1, 0.15) is 10.7 Å². The predicted octanol–water partition coefficient (Wildman–Crippen LogP) is 2.31. The Morgan fingerprint density at radius 2 is 1.79 bits per heavy atom. The summed E-state index contributed by atoms with van der Waals surface area (Å²) in [7, 11) is -4.02. The monoisotopic (exact) mass is 418 g/mol. The molecule has 0 bridgehead atoms. The van der Waals surface area contributed by atoms with Gasteiger partial charge in [0.2, 0.25) is 10.0 Å². The average Bonchev–Trinajstić information content (AvgIpc) is 3.55. The summed E-state index contributed by atoms with van der Waals surface area (Å²) in [4.78, 5) is 12.2. The second-order valence-corrected chi connectivity index (χ2v) is 9.40. The fourth-order valence-electron chi connectivity index (χ4n) is 3.63. The molecule has 0 atom stereocenters. The Kier molecular flexibility index (Phi) is 5.42. The highest BCUT2D eigenvalue weighted by Gasteiger charge is 2.44. The summed E-state index contributed by atoms with van der Waals surface area (Å²) in [6.07, 6.45) is 1.97. The third kappa shape index (κ3) is 4.05. The summed E-state index contributed by atoms with van der Waals surface area (Å²) in [5, 5.41) is 2.89. The maximum Gasteiger partial charge on any atom is 0.251 e. The predicted molar refractivity (Wildman–Crippen MR) is 106 cm³/mol. The van der Waals surface area contributed by atoms with E-state index in [0.717, 1.165) is 25.0 Å². The standard InChI is InChI=1S/C21H23FN2O4S/c22-18-7-6-16(14-19(18)29(26,27)24-10-12-28-13-11-24)20(25)23-15-21(8-9-21)17-4-2-1-3-5-17/h1-7,14H,8-13,15H2,(H,23,25). The molecule has 0 unspecified atom stereocenters. The van der Waals surface area contributed by atoms with Crippen LogP contribution in [-0.2, 0) is 20.2 Å². The normalized spacial score (nSPS) is 18.9. The lowest BCUT2D eigenvalue weighted by Crippen LogP contribution is -2.41. The highest BCUT2D eigenvalue weighted by atomic mass is 32.2. The van der Waals surface area contributed by atoms with Crippen LogP contribution in [0.2, 0.25) is 0 Å². The largest absolute Gasteiger partial charge is 0.379 e. The van der Waals surface area contributed by atoms with E-state index in [1.807, 2.05) is 30.3 Å². The van der Waals surface area contributed by atoms with Crippen molar-refractivity contribution in [3.8, 4) is 0 Å². The number of nitrogens with one attached hydrogen (secondary N) is 1. The van der Waals surface area contributed by atoms with E-state index >= 15 is 0 Å². The van der Waals surface area contributed by atoms with Gasteiger partial charge in [0.15, 0.2) is 0 Å².